The summed E-state index contributed by atoms with van der Waals surface area (Å²) in [6.07, 6.45) is 0. The van der Waals surface area contributed by atoms with Gasteiger partial charge in [0.25, 0.3) is 0 Å². The van der Waals surface area contributed by atoms with E-state index in [9.17, 15) is 0 Å². The van der Waals surface area contributed by atoms with E-state index in [0.29, 0.717) is 12.2 Å². The van der Waals surface area contributed by atoms with Gasteiger partial charge in [0.2, 0.25) is 0 Å². The third-order valence-electron chi connectivity index (χ3n) is 2.88. The Bertz CT molecular complexity index is 769. The maximum Gasteiger partial charge on any atom is 0.113 e. The molecule has 92 valence electrons. The van der Waals surface area contributed by atoms with E-state index in [2.05, 4.69) is 20.3 Å². The van der Waals surface area contributed by atoms with Gasteiger partial charge < -0.3 is 0 Å². The number of nitrogens with zero attached hydrogens (tertiary/aromatic N) is 6. The van der Waals surface area contributed by atoms with Crippen molar-refractivity contribution in [2.75, 3.05) is 0 Å². The van der Waals surface area contributed by atoms with Crippen LogP contribution in [0.4, 0.5) is 5.69 Å². The summed E-state index contributed by atoms with van der Waals surface area (Å²) in [6.45, 7) is 0.524. The van der Waals surface area contributed by atoms with Crippen LogP contribution < -0.4 is 0 Å². The van der Waals surface area contributed by atoms with Gasteiger partial charge in [0.05, 0.1) is 12.1 Å². The second kappa shape index (κ2) is 4.80. The minimum Gasteiger partial charge on any atom is -0.240 e. The summed E-state index contributed by atoms with van der Waals surface area (Å²) in [4.78, 5) is 2.84. The number of aromatic nitrogens is 3. The third kappa shape index (κ3) is 2.12. The topological polar surface area (TPSA) is 79.5 Å². The third-order valence-corrected chi connectivity index (χ3v) is 2.88. The average molecular weight is 250 g/mol. The summed E-state index contributed by atoms with van der Waals surface area (Å²) in [5.74, 6) is 0. The lowest BCUT2D eigenvalue weighted by molar-refractivity contribution is 0.670. The van der Waals surface area contributed by atoms with Crippen LogP contribution >= 0.6 is 0 Å². The summed E-state index contributed by atoms with van der Waals surface area (Å²) in [6, 6.07) is 15.2. The number of rotatable bonds is 3. The molecule has 6 heteroatoms. The molecule has 3 aromatic rings. The lowest BCUT2D eigenvalue weighted by Gasteiger charge is -2.05. The van der Waals surface area contributed by atoms with Crippen LogP contribution in [-0.2, 0) is 6.54 Å². The number of azide groups is 1. The molecule has 0 N–H and O–H groups in total. The van der Waals surface area contributed by atoms with Crippen LogP contribution in [-0.4, -0.2) is 15.0 Å². The fraction of sp³-hybridized carbons (Fsp3) is 0.0769. The van der Waals surface area contributed by atoms with Crippen molar-refractivity contribution >= 4 is 16.7 Å². The molecule has 0 saturated heterocycles. The molecule has 0 atom stereocenters. The van der Waals surface area contributed by atoms with E-state index >= 15 is 0 Å². The number of benzene rings is 2. The van der Waals surface area contributed by atoms with Crippen molar-refractivity contribution in [2.45, 2.75) is 6.54 Å². The van der Waals surface area contributed by atoms with Gasteiger partial charge in [0.15, 0.2) is 0 Å². The highest BCUT2D eigenvalue weighted by atomic mass is 15.4. The Labute approximate surface area is 108 Å². The van der Waals surface area contributed by atoms with Gasteiger partial charge in [0.1, 0.15) is 5.52 Å². The zero-order valence-electron chi connectivity index (χ0n) is 10.0. The number of hydrogen-bond acceptors (Lipinski definition) is 3. The van der Waals surface area contributed by atoms with Crippen LogP contribution in [0.3, 0.4) is 0 Å². The summed E-state index contributed by atoms with van der Waals surface area (Å²) in [5, 5.41) is 11.9. The van der Waals surface area contributed by atoms with E-state index in [1.54, 1.807) is 10.7 Å². The molecule has 1 heterocycles. The van der Waals surface area contributed by atoms with Crippen LogP contribution in [0.5, 0.6) is 0 Å². The predicted octanol–water partition coefficient (Wildman–Crippen LogP) is 3.42. The molecule has 3 rings (SSSR count). The first-order valence-corrected chi connectivity index (χ1v) is 5.80. The summed E-state index contributed by atoms with van der Waals surface area (Å²) < 4.78 is 1.79. The zero-order valence-corrected chi connectivity index (χ0v) is 10.0. The lowest BCUT2D eigenvalue weighted by Crippen LogP contribution is -2.01. The largest absolute Gasteiger partial charge is 0.240 e. The van der Waals surface area contributed by atoms with E-state index in [-0.39, 0.29) is 0 Å². The van der Waals surface area contributed by atoms with E-state index in [4.69, 9.17) is 5.53 Å². The summed E-state index contributed by atoms with van der Waals surface area (Å²) in [5.41, 5.74) is 11.9. The van der Waals surface area contributed by atoms with Gasteiger partial charge in [-0.15, -0.1) is 5.10 Å². The number of fused-ring (bicyclic) bond motifs is 1. The van der Waals surface area contributed by atoms with Crippen molar-refractivity contribution in [3.8, 4) is 0 Å². The van der Waals surface area contributed by atoms with Gasteiger partial charge in [0, 0.05) is 10.6 Å². The fourth-order valence-electron chi connectivity index (χ4n) is 1.99. The maximum absolute atomic E-state index is 8.57. The quantitative estimate of drug-likeness (QED) is 0.405. The molecule has 0 aliphatic carbocycles. The number of hydrogen-bond donors (Lipinski definition) is 0. The maximum atomic E-state index is 8.57. The van der Waals surface area contributed by atoms with Crippen LogP contribution in [0.1, 0.15) is 5.56 Å². The van der Waals surface area contributed by atoms with Crippen LogP contribution in [0, 0.1) is 0 Å². The highest BCUT2D eigenvalue weighted by Crippen LogP contribution is 2.21. The second-order valence-electron chi connectivity index (χ2n) is 4.05. The fourth-order valence-corrected chi connectivity index (χ4v) is 1.99. The molecule has 0 radical (unpaired) electrons. The molecular formula is C13H10N6. The Balaban J connectivity index is 2.04. The molecule has 0 fully saturated rings. The number of para-hydroxylation sites is 1. The molecule has 0 bridgehead atoms. The first-order chi connectivity index (χ1) is 9.38. The standard InChI is InChI=1S/C13H10N6/c14-17-15-11-6-2-1-5-10(11)9-19-13-8-4-3-7-12(13)16-18-19/h1-8H,9H2. The van der Waals surface area contributed by atoms with Gasteiger partial charge >= 0.3 is 0 Å². The van der Waals surface area contributed by atoms with Crippen molar-refractivity contribution in [1.29, 1.82) is 0 Å². The monoisotopic (exact) mass is 250 g/mol. The molecule has 19 heavy (non-hydrogen) atoms. The zero-order chi connectivity index (χ0) is 13.1. The summed E-state index contributed by atoms with van der Waals surface area (Å²) >= 11 is 0. The Morgan fingerprint density at radius 3 is 2.79 bits per heavy atom. The molecule has 0 aliphatic rings. The van der Waals surface area contributed by atoms with Crippen LogP contribution in [0.15, 0.2) is 53.6 Å². The van der Waals surface area contributed by atoms with Crippen molar-refractivity contribution < 1.29 is 0 Å². The van der Waals surface area contributed by atoms with Gasteiger partial charge in [-0.2, -0.15) is 0 Å². The highest BCUT2D eigenvalue weighted by molar-refractivity contribution is 5.74. The normalized spacial score (nSPS) is 10.3. The van der Waals surface area contributed by atoms with Crippen molar-refractivity contribution in [3.05, 3.63) is 64.5 Å². The Morgan fingerprint density at radius 1 is 1.11 bits per heavy atom. The molecular weight excluding hydrogens is 240 g/mol. The molecule has 2 aromatic carbocycles. The van der Waals surface area contributed by atoms with Gasteiger partial charge in [-0.05, 0) is 23.2 Å². The predicted molar refractivity (Wildman–Crippen MR) is 71.9 cm³/mol. The Kier molecular flexibility index (Phi) is 2.84. The van der Waals surface area contributed by atoms with Gasteiger partial charge in [-0.3, -0.25) is 0 Å². The molecule has 0 aliphatic heterocycles. The first kappa shape index (κ1) is 11.3. The van der Waals surface area contributed by atoms with Crippen LogP contribution in [0.25, 0.3) is 21.5 Å². The Morgan fingerprint density at radius 2 is 1.89 bits per heavy atom. The molecule has 0 amide bonds. The molecule has 6 nitrogen and oxygen atoms in total. The van der Waals surface area contributed by atoms with Crippen molar-refractivity contribution in [1.82, 2.24) is 15.0 Å². The van der Waals surface area contributed by atoms with E-state index in [0.717, 1.165) is 16.6 Å². The molecule has 0 unspecified atom stereocenters. The van der Waals surface area contributed by atoms with E-state index in [1.807, 2.05) is 42.5 Å². The van der Waals surface area contributed by atoms with Crippen molar-refractivity contribution in [2.24, 2.45) is 5.11 Å². The minimum atomic E-state index is 0.524. The SMILES string of the molecule is [N-]=[N+]=Nc1ccccc1Cn1nnc2ccccc21. The van der Waals surface area contributed by atoms with Gasteiger partial charge in [-0.25, -0.2) is 4.68 Å². The molecule has 0 saturated carbocycles. The highest BCUT2D eigenvalue weighted by Gasteiger charge is 2.06. The van der Waals surface area contributed by atoms with Gasteiger partial charge in [-0.1, -0.05) is 46.7 Å². The van der Waals surface area contributed by atoms with E-state index in [1.165, 1.54) is 0 Å². The van der Waals surface area contributed by atoms with Crippen molar-refractivity contribution in [3.63, 3.8) is 0 Å². The first-order valence-electron chi connectivity index (χ1n) is 5.80. The lowest BCUT2D eigenvalue weighted by atomic mass is 10.2. The minimum absolute atomic E-state index is 0.524. The van der Waals surface area contributed by atoms with E-state index < -0.39 is 0 Å². The Hall–Kier alpha value is -2.85. The average Bonchev–Trinajstić information content (AvgIpc) is 2.85. The summed E-state index contributed by atoms with van der Waals surface area (Å²) in [7, 11) is 0. The second-order valence-corrected chi connectivity index (χ2v) is 4.05. The molecule has 0 spiro atoms. The van der Waals surface area contributed by atoms with Crippen LogP contribution in [0.2, 0.25) is 0 Å². The smallest absolute Gasteiger partial charge is 0.113 e. The molecule has 1 aromatic heterocycles.